The maximum atomic E-state index is 13.0. The van der Waals surface area contributed by atoms with Crippen LogP contribution >= 0.6 is 0 Å². The second kappa shape index (κ2) is 16.3. The topological polar surface area (TPSA) is 46.5 Å². The first kappa shape index (κ1) is 30.6. The van der Waals surface area contributed by atoms with E-state index in [4.69, 9.17) is 0 Å². The Labute approximate surface area is 229 Å². The van der Waals surface area contributed by atoms with E-state index in [-0.39, 0.29) is 11.6 Å². The van der Waals surface area contributed by atoms with E-state index in [0.717, 1.165) is 24.8 Å². The summed E-state index contributed by atoms with van der Waals surface area (Å²) in [5.41, 5.74) is 7.75. The number of hydrogen-bond donors (Lipinski definition) is 0. The molecular weight excluding hydrogens is 466 g/mol. The van der Waals surface area contributed by atoms with Gasteiger partial charge in [-0.3, -0.25) is 14.6 Å². The highest BCUT2D eigenvalue weighted by molar-refractivity contribution is 6.11. The highest BCUT2D eigenvalue weighted by atomic mass is 16.1. The zero-order valence-corrected chi connectivity index (χ0v) is 24.0. The van der Waals surface area contributed by atoms with Crippen molar-refractivity contribution < 1.29 is 9.59 Å². The molecule has 0 aliphatic carbocycles. The molecule has 0 amide bonds. The molecule has 1 aliphatic heterocycles. The monoisotopic (exact) mass is 509 g/mol. The van der Waals surface area contributed by atoms with Crippen molar-refractivity contribution >= 4 is 23.5 Å². The molecule has 3 heteroatoms. The highest BCUT2D eigenvalue weighted by Crippen LogP contribution is 2.27. The summed E-state index contributed by atoms with van der Waals surface area (Å²) in [6.07, 6.45) is 8.43. The van der Waals surface area contributed by atoms with Crippen LogP contribution in [0.5, 0.6) is 0 Å². The minimum atomic E-state index is -0.0725. The third-order valence-corrected chi connectivity index (χ3v) is 6.10. The summed E-state index contributed by atoms with van der Waals surface area (Å²) in [5.74, 6) is -0.00598. The van der Waals surface area contributed by atoms with Crippen LogP contribution in [-0.4, -0.2) is 17.8 Å². The van der Waals surface area contributed by atoms with Crippen molar-refractivity contribution in [1.29, 1.82) is 0 Å². The number of rotatable bonds is 7. The zero-order valence-electron chi connectivity index (χ0n) is 24.0. The van der Waals surface area contributed by atoms with Gasteiger partial charge in [-0.05, 0) is 72.7 Å². The Balaban J connectivity index is 0.000000947. The van der Waals surface area contributed by atoms with Gasteiger partial charge in [-0.1, -0.05) is 95.1 Å². The number of allylic oxidation sites excluding steroid dienone is 2. The lowest BCUT2D eigenvalue weighted by Crippen LogP contribution is -2.05. The molecule has 3 aromatic rings. The van der Waals surface area contributed by atoms with Crippen LogP contribution in [0.15, 0.2) is 83.4 Å². The molecule has 3 aromatic carbocycles. The molecule has 0 saturated heterocycles. The largest absolute Gasteiger partial charge is 0.294 e. The second-order valence-corrected chi connectivity index (χ2v) is 9.31. The summed E-state index contributed by atoms with van der Waals surface area (Å²) in [5, 5.41) is 0. The van der Waals surface area contributed by atoms with Crippen LogP contribution in [0.4, 0.5) is 5.69 Å². The number of Topliss-reactive ketones (excluding diaryl/α,β-unsaturated/α-hetero) is 1. The molecule has 0 radical (unpaired) electrons. The first-order chi connectivity index (χ1) is 18.5. The Morgan fingerprint density at radius 3 is 2.32 bits per heavy atom. The number of benzene rings is 3. The van der Waals surface area contributed by atoms with Gasteiger partial charge in [-0.15, -0.1) is 0 Å². The molecule has 0 bridgehead atoms. The summed E-state index contributed by atoms with van der Waals surface area (Å²) < 4.78 is 0. The molecular formula is C35H43NO2. The molecule has 0 atom stereocenters. The van der Waals surface area contributed by atoms with Gasteiger partial charge >= 0.3 is 0 Å². The van der Waals surface area contributed by atoms with Gasteiger partial charge in [-0.25, -0.2) is 0 Å². The van der Waals surface area contributed by atoms with Crippen molar-refractivity contribution in [3.8, 4) is 11.1 Å². The van der Waals surface area contributed by atoms with Gasteiger partial charge in [0, 0.05) is 30.2 Å². The Kier molecular flexibility index (Phi) is 13.1. The third kappa shape index (κ3) is 8.76. The Hall–Kier alpha value is -3.59. The molecule has 0 N–H and O–H groups in total. The van der Waals surface area contributed by atoms with E-state index in [1.54, 1.807) is 24.3 Å². The van der Waals surface area contributed by atoms with E-state index in [1.165, 1.54) is 28.7 Å². The molecule has 1 heterocycles. The molecule has 0 fully saturated rings. The van der Waals surface area contributed by atoms with Crippen LogP contribution in [-0.2, 0) is 6.42 Å². The number of aryl methyl sites for hydroxylation is 2. The van der Waals surface area contributed by atoms with Crippen LogP contribution < -0.4 is 0 Å². The lowest BCUT2D eigenvalue weighted by Gasteiger charge is -2.12. The van der Waals surface area contributed by atoms with Crippen molar-refractivity contribution in [2.45, 2.75) is 80.1 Å². The number of carbonyl (C=O) groups excluding carboxylic acids is 2. The van der Waals surface area contributed by atoms with Gasteiger partial charge < -0.3 is 0 Å². The molecule has 200 valence electrons. The fourth-order valence-corrected chi connectivity index (χ4v) is 4.24. The number of nitrogens with zero attached hydrogens (tertiary/aromatic N) is 1. The van der Waals surface area contributed by atoms with Crippen LogP contribution in [0.2, 0.25) is 0 Å². The lowest BCUT2D eigenvalue weighted by atomic mass is 9.94. The van der Waals surface area contributed by atoms with Gasteiger partial charge in [0.2, 0.25) is 0 Å². The van der Waals surface area contributed by atoms with Crippen LogP contribution in [0, 0.1) is 6.92 Å². The van der Waals surface area contributed by atoms with Gasteiger partial charge in [0.1, 0.15) is 0 Å². The number of ketones is 2. The van der Waals surface area contributed by atoms with E-state index >= 15 is 0 Å². The molecule has 4 rings (SSSR count). The summed E-state index contributed by atoms with van der Waals surface area (Å²) in [6.45, 7) is 12.4. The van der Waals surface area contributed by atoms with Gasteiger partial charge in [-0.2, -0.15) is 0 Å². The number of carbonyl (C=O) groups is 2. The Morgan fingerprint density at radius 1 is 0.868 bits per heavy atom. The van der Waals surface area contributed by atoms with Crippen molar-refractivity contribution in [1.82, 2.24) is 0 Å². The predicted octanol–water partition coefficient (Wildman–Crippen LogP) is 9.94. The SMILES string of the molecule is CC.CCC.CCCC(=O)c1ccc2c(c1)C(=O)/C=C(\CCc1cccc(-c3ccccc3C)c1)CC=N2. The average molecular weight is 510 g/mol. The van der Waals surface area contributed by atoms with E-state index in [1.807, 2.05) is 27.0 Å². The third-order valence-electron chi connectivity index (χ3n) is 6.10. The summed E-state index contributed by atoms with van der Waals surface area (Å²) in [6, 6.07) is 22.3. The Morgan fingerprint density at radius 2 is 1.61 bits per heavy atom. The second-order valence-electron chi connectivity index (χ2n) is 9.31. The van der Waals surface area contributed by atoms with Crippen LogP contribution in [0.3, 0.4) is 0 Å². The molecule has 0 saturated carbocycles. The van der Waals surface area contributed by atoms with E-state index < -0.39 is 0 Å². The summed E-state index contributed by atoms with van der Waals surface area (Å²) in [7, 11) is 0. The Bertz CT molecular complexity index is 1270. The number of fused-ring (bicyclic) bond motifs is 1. The molecule has 3 nitrogen and oxygen atoms in total. The van der Waals surface area contributed by atoms with Gasteiger partial charge in [0.25, 0.3) is 0 Å². The molecule has 1 aliphatic rings. The summed E-state index contributed by atoms with van der Waals surface area (Å²) >= 11 is 0. The van der Waals surface area contributed by atoms with Crippen molar-refractivity contribution in [3.05, 3.63) is 101 Å². The average Bonchev–Trinajstić information content (AvgIpc) is 2.93. The minimum absolute atomic E-state index is 0.0666. The van der Waals surface area contributed by atoms with Gasteiger partial charge in [0.05, 0.1) is 5.69 Å². The van der Waals surface area contributed by atoms with Crippen molar-refractivity contribution in [2.24, 2.45) is 4.99 Å². The summed E-state index contributed by atoms with van der Waals surface area (Å²) in [4.78, 5) is 29.8. The predicted molar refractivity (Wildman–Crippen MR) is 163 cm³/mol. The first-order valence-corrected chi connectivity index (χ1v) is 14.0. The molecule has 0 aromatic heterocycles. The molecule has 0 unspecified atom stereocenters. The normalized spacial score (nSPS) is 13.4. The van der Waals surface area contributed by atoms with Crippen LogP contribution in [0.1, 0.15) is 98.6 Å². The van der Waals surface area contributed by atoms with E-state index in [0.29, 0.717) is 29.7 Å². The van der Waals surface area contributed by atoms with Crippen LogP contribution in [0.25, 0.3) is 11.1 Å². The molecule has 0 spiro atoms. The quantitative estimate of drug-likeness (QED) is 0.297. The number of hydrogen-bond acceptors (Lipinski definition) is 3. The minimum Gasteiger partial charge on any atom is -0.294 e. The smallest absolute Gasteiger partial charge is 0.187 e. The fraction of sp³-hybridized carbons (Fsp3) is 0.343. The van der Waals surface area contributed by atoms with Gasteiger partial charge in [0.15, 0.2) is 11.6 Å². The zero-order chi connectivity index (χ0) is 27.9. The van der Waals surface area contributed by atoms with E-state index in [9.17, 15) is 9.59 Å². The number of aliphatic imine (C=N–C) groups is 1. The maximum Gasteiger partial charge on any atom is 0.187 e. The highest BCUT2D eigenvalue weighted by Gasteiger charge is 2.16. The molecule has 38 heavy (non-hydrogen) atoms. The van der Waals surface area contributed by atoms with Crippen molar-refractivity contribution in [3.63, 3.8) is 0 Å². The first-order valence-electron chi connectivity index (χ1n) is 14.0. The van der Waals surface area contributed by atoms with Crippen molar-refractivity contribution in [2.75, 3.05) is 0 Å². The standard InChI is InChI=1S/C30H29NO2.C3H8.C2H6/c1-3-7-29(32)25-14-15-28-27(20-25)30(33)19-23(16-17-31-28)13-12-22-9-6-10-24(18-22)26-11-5-4-8-21(26)2;1-3-2;1-2/h4-6,8-11,14-15,17-20H,3,7,12-13,16H2,1-2H3;3H2,1-2H3;1-2H3/b23-19+,31-17?;;. The maximum absolute atomic E-state index is 13.0. The fourth-order valence-electron chi connectivity index (χ4n) is 4.24. The van der Waals surface area contributed by atoms with E-state index in [2.05, 4.69) is 74.3 Å². The lowest BCUT2D eigenvalue weighted by molar-refractivity contribution is 0.0981.